The van der Waals surface area contributed by atoms with E-state index in [-0.39, 0.29) is 46.9 Å². The van der Waals surface area contributed by atoms with Gasteiger partial charge in [0.1, 0.15) is 5.75 Å². The first-order valence-corrected chi connectivity index (χ1v) is 12.7. The second kappa shape index (κ2) is 9.65. The summed E-state index contributed by atoms with van der Waals surface area (Å²) in [6, 6.07) is 7.16. The van der Waals surface area contributed by atoms with Crippen LogP contribution in [0.15, 0.2) is 24.3 Å². The van der Waals surface area contributed by atoms with Crippen LogP contribution in [0.3, 0.4) is 0 Å². The summed E-state index contributed by atoms with van der Waals surface area (Å²) >= 11 is 0. The van der Waals surface area contributed by atoms with Gasteiger partial charge in [-0.1, -0.05) is 20.8 Å². The number of ether oxygens (including phenoxy) is 1. The molecule has 3 fully saturated rings. The molecule has 3 aliphatic rings. The molecule has 0 bridgehead atoms. The van der Waals surface area contributed by atoms with Crippen LogP contribution in [0.4, 0.5) is 0 Å². The average molecular weight is 457 g/mol. The number of nitrogens with one attached hydrogen (secondary N) is 1. The highest BCUT2D eigenvalue weighted by molar-refractivity contribution is 5.94. The summed E-state index contributed by atoms with van der Waals surface area (Å²) in [5.74, 6) is 0.865. The molecule has 1 saturated heterocycles. The largest absolute Gasteiger partial charge is 0.497 e. The number of aliphatic hydroxyl groups is 1. The number of likely N-dealkylation sites (tertiary alicyclic amines) is 1. The van der Waals surface area contributed by atoms with Crippen LogP contribution in [0.2, 0.25) is 0 Å². The Hall–Kier alpha value is -2.08. The fraction of sp³-hybridized carbons (Fsp3) is 0.704. The number of rotatable bonds is 5. The summed E-state index contributed by atoms with van der Waals surface area (Å²) in [6.45, 7) is 8.17. The molecule has 2 saturated carbocycles. The van der Waals surface area contributed by atoms with Gasteiger partial charge in [-0.3, -0.25) is 9.59 Å². The van der Waals surface area contributed by atoms with E-state index in [1.54, 1.807) is 31.4 Å². The first-order chi connectivity index (χ1) is 15.7. The Labute approximate surface area is 198 Å². The molecular formula is C27H40N2O4. The third kappa shape index (κ3) is 4.64. The molecule has 2 aliphatic carbocycles. The Balaban J connectivity index is 1.46. The Morgan fingerprint density at radius 1 is 1.15 bits per heavy atom. The van der Waals surface area contributed by atoms with Crippen molar-refractivity contribution in [2.24, 2.45) is 29.1 Å². The minimum absolute atomic E-state index is 0.00988. The molecular weight excluding hydrogens is 416 g/mol. The van der Waals surface area contributed by atoms with Crippen molar-refractivity contribution in [2.75, 3.05) is 20.2 Å². The van der Waals surface area contributed by atoms with Crippen LogP contribution in [0, 0.1) is 29.1 Å². The predicted octanol–water partition coefficient (Wildman–Crippen LogP) is 3.88. The summed E-state index contributed by atoms with van der Waals surface area (Å²) in [4.78, 5) is 28.0. The highest BCUT2D eigenvalue weighted by Crippen LogP contribution is 2.55. The smallest absolute Gasteiger partial charge is 0.251 e. The molecule has 182 valence electrons. The fourth-order valence-corrected chi connectivity index (χ4v) is 6.90. The van der Waals surface area contributed by atoms with E-state index >= 15 is 0 Å². The zero-order chi connectivity index (χ0) is 23.8. The van der Waals surface area contributed by atoms with Crippen LogP contribution in [0.5, 0.6) is 5.75 Å². The van der Waals surface area contributed by atoms with Crippen molar-refractivity contribution in [1.29, 1.82) is 0 Å². The van der Waals surface area contributed by atoms with E-state index in [0.717, 1.165) is 57.4 Å². The van der Waals surface area contributed by atoms with Gasteiger partial charge in [0.2, 0.25) is 5.91 Å². The lowest BCUT2D eigenvalue weighted by Crippen LogP contribution is -2.58. The van der Waals surface area contributed by atoms with Gasteiger partial charge in [0.15, 0.2) is 0 Å². The van der Waals surface area contributed by atoms with Gasteiger partial charge in [-0.15, -0.1) is 0 Å². The summed E-state index contributed by atoms with van der Waals surface area (Å²) in [6.07, 6.45) is 5.45. The maximum atomic E-state index is 13.1. The van der Waals surface area contributed by atoms with E-state index < -0.39 is 6.10 Å². The average Bonchev–Trinajstić information content (AvgIpc) is 3.35. The van der Waals surface area contributed by atoms with Crippen LogP contribution in [0.25, 0.3) is 0 Å². The summed E-state index contributed by atoms with van der Waals surface area (Å²) in [7, 11) is 1.61. The molecule has 2 amide bonds. The second-order valence-corrected chi connectivity index (χ2v) is 10.9. The van der Waals surface area contributed by atoms with Gasteiger partial charge in [0, 0.05) is 30.6 Å². The van der Waals surface area contributed by atoms with Crippen molar-refractivity contribution >= 4 is 11.8 Å². The Kier molecular flexibility index (Phi) is 7.04. The second-order valence-electron chi connectivity index (χ2n) is 10.9. The summed E-state index contributed by atoms with van der Waals surface area (Å²) in [5, 5.41) is 14.8. The van der Waals surface area contributed by atoms with Crippen LogP contribution >= 0.6 is 0 Å². The Bertz CT molecular complexity index is 850. The van der Waals surface area contributed by atoms with Crippen molar-refractivity contribution in [3.63, 3.8) is 0 Å². The molecule has 2 N–H and O–H groups in total. The van der Waals surface area contributed by atoms with Crippen molar-refractivity contribution in [3.05, 3.63) is 29.8 Å². The first-order valence-electron chi connectivity index (χ1n) is 12.7. The molecule has 0 radical (unpaired) electrons. The minimum Gasteiger partial charge on any atom is -0.497 e. The van der Waals surface area contributed by atoms with Gasteiger partial charge in [-0.25, -0.2) is 0 Å². The molecule has 1 aromatic rings. The van der Waals surface area contributed by atoms with E-state index in [1.165, 1.54) is 0 Å². The molecule has 1 aliphatic heterocycles. The number of aliphatic hydroxyl groups excluding tert-OH is 1. The molecule has 6 nitrogen and oxygen atoms in total. The summed E-state index contributed by atoms with van der Waals surface area (Å²) in [5.41, 5.74) is 0.663. The van der Waals surface area contributed by atoms with Crippen LogP contribution in [-0.2, 0) is 4.79 Å². The number of carbonyl (C=O) groups is 2. The molecule has 0 aromatic heterocycles. The third-order valence-electron chi connectivity index (χ3n) is 9.01. The van der Waals surface area contributed by atoms with E-state index in [1.807, 2.05) is 11.8 Å². The number of methoxy groups -OCH3 is 1. The first kappa shape index (κ1) is 24.1. The number of nitrogens with zero attached hydrogens (tertiary/aromatic N) is 1. The zero-order valence-corrected chi connectivity index (χ0v) is 20.5. The normalized spacial score (nSPS) is 34.9. The fourth-order valence-electron chi connectivity index (χ4n) is 6.90. The van der Waals surface area contributed by atoms with E-state index in [9.17, 15) is 14.7 Å². The van der Waals surface area contributed by atoms with Crippen LogP contribution in [-0.4, -0.2) is 54.2 Å². The Morgan fingerprint density at radius 2 is 1.79 bits per heavy atom. The van der Waals surface area contributed by atoms with Gasteiger partial charge in [0.05, 0.1) is 13.2 Å². The zero-order valence-electron chi connectivity index (χ0n) is 20.5. The maximum absolute atomic E-state index is 13.1. The van der Waals surface area contributed by atoms with Crippen LogP contribution in [0.1, 0.15) is 69.7 Å². The highest BCUT2D eigenvalue weighted by atomic mass is 16.5. The van der Waals surface area contributed by atoms with Crippen molar-refractivity contribution in [1.82, 2.24) is 10.2 Å². The van der Waals surface area contributed by atoms with Gasteiger partial charge in [-0.05, 0) is 86.0 Å². The van der Waals surface area contributed by atoms with E-state index in [0.29, 0.717) is 5.56 Å². The van der Waals surface area contributed by atoms with Gasteiger partial charge >= 0.3 is 0 Å². The molecule has 7 atom stereocenters. The molecule has 1 unspecified atom stereocenters. The third-order valence-corrected chi connectivity index (χ3v) is 9.01. The van der Waals surface area contributed by atoms with E-state index in [4.69, 9.17) is 4.74 Å². The maximum Gasteiger partial charge on any atom is 0.251 e. The lowest BCUT2D eigenvalue weighted by molar-refractivity contribution is -0.149. The molecule has 6 heteroatoms. The molecule has 0 spiro atoms. The van der Waals surface area contributed by atoms with Gasteiger partial charge in [0.25, 0.3) is 5.91 Å². The quantitative estimate of drug-likeness (QED) is 0.705. The number of hydrogen-bond donors (Lipinski definition) is 2. The lowest BCUT2D eigenvalue weighted by atomic mass is 9.51. The highest BCUT2D eigenvalue weighted by Gasteiger charge is 2.54. The number of benzene rings is 1. The van der Waals surface area contributed by atoms with Crippen molar-refractivity contribution < 1.29 is 19.4 Å². The molecule has 1 aromatic carbocycles. The number of hydrogen-bond acceptors (Lipinski definition) is 4. The SMILES string of the molecule is COc1ccc(C(=O)N[C@H]2CC[C@]3(C)CCC([C@H](C)C(=O)N4CCCC4)[C@H](O)[C@H]3[C@@H]2C)cc1. The molecule has 33 heavy (non-hydrogen) atoms. The van der Waals surface area contributed by atoms with E-state index in [2.05, 4.69) is 19.2 Å². The monoisotopic (exact) mass is 456 g/mol. The number of amides is 2. The standard InChI is InChI=1S/C27H40N2O4/c1-17(26(32)29-15-5-6-16-29)21-11-13-27(3)14-12-22(18(2)23(27)24(21)30)28-25(31)19-7-9-20(33-4)10-8-19/h7-10,17-18,21-24,30H,5-6,11-16H2,1-4H3,(H,28,31)/t17-,18+,21?,22-,23+,24-,27-/m0/s1. The number of fused-ring (bicyclic) bond motifs is 1. The molecule has 4 rings (SSSR count). The van der Waals surface area contributed by atoms with Crippen LogP contribution < -0.4 is 10.1 Å². The number of carbonyl (C=O) groups excluding carboxylic acids is 2. The summed E-state index contributed by atoms with van der Waals surface area (Å²) < 4.78 is 5.19. The van der Waals surface area contributed by atoms with Crippen molar-refractivity contribution in [2.45, 2.75) is 71.4 Å². The Morgan fingerprint density at radius 3 is 2.42 bits per heavy atom. The molecule has 1 heterocycles. The predicted molar refractivity (Wildman–Crippen MR) is 128 cm³/mol. The van der Waals surface area contributed by atoms with Gasteiger partial charge in [-0.2, -0.15) is 0 Å². The minimum atomic E-state index is -0.527. The van der Waals surface area contributed by atoms with Crippen molar-refractivity contribution in [3.8, 4) is 5.75 Å². The lowest BCUT2D eigenvalue weighted by Gasteiger charge is -2.56. The van der Waals surface area contributed by atoms with Gasteiger partial charge < -0.3 is 20.1 Å². The topological polar surface area (TPSA) is 78.9 Å².